The lowest BCUT2D eigenvalue weighted by molar-refractivity contribution is -0.115. The summed E-state index contributed by atoms with van der Waals surface area (Å²) in [5, 5.41) is 2.86. The predicted octanol–water partition coefficient (Wildman–Crippen LogP) is 2.81. The van der Waals surface area contributed by atoms with E-state index in [2.05, 4.69) is 5.18 Å². The molecule has 0 aromatic rings. The van der Waals surface area contributed by atoms with Gasteiger partial charge in [-0.3, -0.25) is 4.79 Å². The third-order valence-electron chi connectivity index (χ3n) is 1.77. The number of carbonyl (C=O) groups excluding carboxylic acids is 1. The van der Waals surface area contributed by atoms with Gasteiger partial charge in [-0.05, 0) is 18.5 Å². The molecule has 68 valence electrons. The van der Waals surface area contributed by atoms with Gasteiger partial charge >= 0.3 is 0 Å². The standard InChI is InChI=1S/C9H15NO2/c1-4-6-8(10-12)7(3)9(11)5-2/h4-6H2,1-3H3. The summed E-state index contributed by atoms with van der Waals surface area (Å²) in [6.07, 6.45) is 1.88. The molecule has 0 bridgehead atoms. The minimum absolute atomic E-state index is 0.0121. The van der Waals surface area contributed by atoms with Crippen LogP contribution in [-0.2, 0) is 4.79 Å². The van der Waals surface area contributed by atoms with Crippen LogP contribution in [-0.4, -0.2) is 5.78 Å². The van der Waals surface area contributed by atoms with Crippen molar-refractivity contribution in [3.05, 3.63) is 16.2 Å². The molecule has 0 N–H and O–H groups in total. The van der Waals surface area contributed by atoms with E-state index >= 15 is 0 Å². The van der Waals surface area contributed by atoms with Crippen LogP contribution in [0, 0.1) is 4.91 Å². The van der Waals surface area contributed by atoms with E-state index in [4.69, 9.17) is 0 Å². The highest BCUT2D eigenvalue weighted by molar-refractivity contribution is 5.95. The predicted molar refractivity (Wildman–Crippen MR) is 48.7 cm³/mol. The van der Waals surface area contributed by atoms with Crippen LogP contribution in [0.25, 0.3) is 0 Å². The molecular formula is C9H15NO2. The summed E-state index contributed by atoms with van der Waals surface area (Å²) in [5.41, 5.74) is 0.929. The van der Waals surface area contributed by atoms with Crippen LogP contribution < -0.4 is 0 Å². The van der Waals surface area contributed by atoms with Crippen molar-refractivity contribution in [2.75, 3.05) is 0 Å². The van der Waals surface area contributed by atoms with E-state index in [1.165, 1.54) is 0 Å². The molecule has 0 saturated carbocycles. The molecule has 0 rings (SSSR count). The van der Waals surface area contributed by atoms with Crippen molar-refractivity contribution in [1.29, 1.82) is 0 Å². The second kappa shape index (κ2) is 5.63. The maximum atomic E-state index is 11.1. The van der Waals surface area contributed by atoms with Gasteiger partial charge in [-0.25, -0.2) is 0 Å². The van der Waals surface area contributed by atoms with E-state index in [0.29, 0.717) is 24.1 Å². The second-order valence-corrected chi connectivity index (χ2v) is 2.69. The van der Waals surface area contributed by atoms with Crippen LogP contribution >= 0.6 is 0 Å². The number of hydrogen-bond acceptors (Lipinski definition) is 3. The molecular weight excluding hydrogens is 154 g/mol. The second-order valence-electron chi connectivity index (χ2n) is 2.69. The first kappa shape index (κ1) is 11.0. The molecule has 0 aromatic heterocycles. The fourth-order valence-electron chi connectivity index (χ4n) is 0.965. The van der Waals surface area contributed by atoms with Crippen molar-refractivity contribution in [3.63, 3.8) is 0 Å². The summed E-state index contributed by atoms with van der Waals surface area (Å²) in [5.74, 6) is 0.0121. The molecule has 3 nitrogen and oxygen atoms in total. The number of allylic oxidation sites excluding steroid dienone is 2. The Balaban J connectivity index is 4.58. The van der Waals surface area contributed by atoms with E-state index in [1.807, 2.05) is 6.92 Å². The molecule has 0 amide bonds. The minimum atomic E-state index is 0.0121. The Morgan fingerprint density at radius 3 is 2.25 bits per heavy atom. The van der Waals surface area contributed by atoms with Crippen LogP contribution in [0.5, 0.6) is 0 Å². The van der Waals surface area contributed by atoms with Gasteiger partial charge in [0.1, 0.15) is 0 Å². The number of ketones is 1. The first-order chi connectivity index (χ1) is 5.67. The van der Waals surface area contributed by atoms with Crippen molar-refractivity contribution in [2.45, 2.75) is 40.0 Å². The van der Waals surface area contributed by atoms with Crippen molar-refractivity contribution >= 4 is 5.78 Å². The molecule has 0 heterocycles. The number of hydrogen-bond donors (Lipinski definition) is 0. The SMILES string of the molecule is CCCC(N=O)=C(C)C(=O)CC. The monoisotopic (exact) mass is 169 g/mol. The van der Waals surface area contributed by atoms with Gasteiger partial charge in [0.05, 0.1) is 5.70 Å². The van der Waals surface area contributed by atoms with Crippen molar-refractivity contribution < 1.29 is 4.79 Å². The Hall–Kier alpha value is -0.990. The van der Waals surface area contributed by atoms with Crippen molar-refractivity contribution in [3.8, 4) is 0 Å². The highest BCUT2D eigenvalue weighted by Crippen LogP contribution is 2.13. The Kier molecular flexibility index (Phi) is 5.17. The average Bonchev–Trinajstić information content (AvgIpc) is 2.11. The summed E-state index contributed by atoms with van der Waals surface area (Å²) >= 11 is 0. The molecule has 0 atom stereocenters. The zero-order chi connectivity index (χ0) is 9.56. The molecule has 0 aromatic carbocycles. The quantitative estimate of drug-likeness (QED) is 0.469. The van der Waals surface area contributed by atoms with Gasteiger partial charge in [0, 0.05) is 12.0 Å². The van der Waals surface area contributed by atoms with Crippen molar-refractivity contribution in [1.82, 2.24) is 0 Å². The van der Waals surface area contributed by atoms with Crippen LogP contribution in [0.2, 0.25) is 0 Å². The van der Waals surface area contributed by atoms with Gasteiger partial charge in [0.15, 0.2) is 5.78 Å². The van der Waals surface area contributed by atoms with Gasteiger partial charge in [-0.15, -0.1) is 4.91 Å². The molecule has 3 heteroatoms. The smallest absolute Gasteiger partial charge is 0.160 e. The maximum absolute atomic E-state index is 11.1. The van der Waals surface area contributed by atoms with Gasteiger partial charge in [0.2, 0.25) is 0 Å². The molecule has 0 aliphatic rings. The minimum Gasteiger partial charge on any atom is -0.295 e. The fourth-order valence-corrected chi connectivity index (χ4v) is 0.965. The third kappa shape index (κ3) is 2.95. The molecule has 0 spiro atoms. The van der Waals surface area contributed by atoms with E-state index in [-0.39, 0.29) is 5.78 Å². The summed E-state index contributed by atoms with van der Waals surface area (Å²) in [4.78, 5) is 21.4. The summed E-state index contributed by atoms with van der Waals surface area (Å²) in [6.45, 7) is 5.40. The summed E-state index contributed by atoms with van der Waals surface area (Å²) < 4.78 is 0. The van der Waals surface area contributed by atoms with E-state index in [0.717, 1.165) is 6.42 Å². The zero-order valence-corrected chi connectivity index (χ0v) is 7.89. The fraction of sp³-hybridized carbons (Fsp3) is 0.667. The van der Waals surface area contributed by atoms with Crippen LogP contribution in [0.3, 0.4) is 0 Å². The molecule has 0 aliphatic heterocycles. The molecule has 0 radical (unpaired) electrons. The van der Waals surface area contributed by atoms with Crippen molar-refractivity contribution in [2.24, 2.45) is 5.18 Å². The van der Waals surface area contributed by atoms with E-state index < -0.39 is 0 Å². The van der Waals surface area contributed by atoms with E-state index in [1.54, 1.807) is 13.8 Å². The third-order valence-corrected chi connectivity index (χ3v) is 1.77. The summed E-state index contributed by atoms with van der Waals surface area (Å²) in [7, 11) is 0. The highest BCUT2D eigenvalue weighted by atomic mass is 16.3. The van der Waals surface area contributed by atoms with Crippen LogP contribution in [0.1, 0.15) is 40.0 Å². The molecule has 12 heavy (non-hydrogen) atoms. The lowest BCUT2D eigenvalue weighted by atomic mass is 10.1. The Labute approximate surface area is 72.8 Å². The zero-order valence-electron chi connectivity index (χ0n) is 7.89. The topological polar surface area (TPSA) is 46.5 Å². The number of nitroso groups, excluding NO2 is 1. The molecule has 0 unspecified atom stereocenters. The number of nitrogens with zero attached hydrogens (tertiary/aromatic N) is 1. The Bertz CT molecular complexity index is 207. The number of carbonyl (C=O) groups is 1. The summed E-state index contributed by atoms with van der Waals surface area (Å²) in [6, 6.07) is 0. The molecule has 0 saturated heterocycles. The number of Topliss-reactive ketones (excluding diaryl/α,β-unsaturated/α-hetero) is 1. The average molecular weight is 169 g/mol. The van der Waals surface area contributed by atoms with Gasteiger partial charge in [-0.2, -0.15) is 0 Å². The molecule has 0 fully saturated rings. The first-order valence-electron chi connectivity index (χ1n) is 4.23. The Morgan fingerprint density at radius 2 is 1.92 bits per heavy atom. The maximum Gasteiger partial charge on any atom is 0.160 e. The lowest BCUT2D eigenvalue weighted by Gasteiger charge is -2.00. The van der Waals surface area contributed by atoms with Gasteiger partial charge in [-0.1, -0.05) is 20.3 Å². The van der Waals surface area contributed by atoms with Crippen LogP contribution in [0.15, 0.2) is 16.4 Å². The first-order valence-corrected chi connectivity index (χ1v) is 4.23. The Morgan fingerprint density at radius 1 is 1.33 bits per heavy atom. The van der Waals surface area contributed by atoms with Gasteiger partial charge < -0.3 is 0 Å². The van der Waals surface area contributed by atoms with Gasteiger partial charge in [0.25, 0.3) is 0 Å². The largest absolute Gasteiger partial charge is 0.295 e. The highest BCUT2D eigenvalue weighted by Gasteiger charge is 2.08. The van der Waals surface area contributed by atoms with E-state index in [9.17, 15) is 9.70 Å². The normalized spacial score (nSPS) is 12.2. The lowest BCUT2D eigenvalue weighted by Crippen LogP contribution is -2.00. The van der Waals surface area contributed by atoms with Crippen LogP contribution in [0.4, 0.5) is 0 Å². The number of rotatable bonds is 5. The molecule has 0 aliphatic carbocycles.